The molecule has 2 atom stereocenters. The lowest BCUT2D eigenvalue weighted by Crippen LogP contribution is -2.48. The largest absolute Gasteiger partial charge is 0.494 e. The van der Waals surface area contributed by atoms with Gasteiger partial charge in [-0.25, -0.2) is 4.98 Å². The molecule has 0 N–H and O–H groups in total. The number of thioether (sulfide) groups is 1. The molecular weight excluding hydrogens is 478 g/mol. The van der Waals surface area contributed by atoms with Crippen LogP contribution in [-0.2, 0) is 17.6 Å². The van der Waals surface area contributed by atoms with Gasteiger partial charge in [0.25, 0.3) is 5.56 Å². The number of piperidine rings is 1. The van der Waals surface area contributed by atoms with Crippen LogP contribution < -0.4 is 10.3 Å². The third-order valence-electron chi connectivity index (χ3n) is 7.17. The number of amides is 1. The molecule has 1 amide bonds. The first-order valence-electron chi connectivity index (χ1n) is 12.7. The van der Waals surface area contributed by atoms with E-state index < -0.39 is 0 Å². The number of rotatable bonds is 6. The molecule has 3 heterocycles. The molecule has 1 aromatic carbocycles. The van der Waals surface area contributed by atoms with Crippen molar-refractivity contribution < 1.29 is 9.53 Å². The number of hydrogen-bond donors (Lipinski definition) is 0. The Morgan fingerprint density at radius 3 is 2.54 bits per heavy atom. The Balaban J connectivity index is 1.54. The first-order chi connectivity index (χ1) is 17.0. The van der Waals surface area contributed by atoms with E-state index in [4.69, 9.17) is 9.72 Å². The molecule has 3 aromatic rings. The van der Waals surface area contributed by atoms with Crippen LogP contribution in [0, 0.1) is 0 Å². The summed E-state index contributed by atoms with van der Waals surface area (Å²) in [7, 11) is 0. The van der Waals surface area contributed by atoms with Crippen molar-refractivity contribution in [2.24, 2.45) is 0 Å². The predicted molar refractivity (Wildman–Crippen MR) is 143 cm³/mol. The molecule has 1 aliphatic carbocycles. The maximum atomic E-state index is 13.9. The zero-order valence-corrected chi connectivity index (χ0v) is 22.3. The predicted octanol–water partition coefficient (Wildman–Crippen LogP) is 5.61. The molecule has 0 saturated carbocycles. The first kappa shape index (κ1) is 24.4. The van der Waals surface area contributed by atoms with E-state index in [9.17, 15) is 9.59 Å². The molecule has 35 heavy (non-hydrogen) atoms. The van der Waals surface area contributed by atoms with Crippen LogP contribution in [0.1, 0.15) is 63.3 Å². The maximum Gasteiger partial charge on any atom is 0.267 e. The highest BCUT2D eigenvalue weighted by atomic mass is 32.2. The Hall–Kier alpha value is -2.32. The zero-order valence-electron chi connectivity index (χ0n) is 20.7. The van der Waals surface area contributed by atoms with E-state index in [-0.39, 0.29) is 29.3 Å². The Morgan fingerprint density at radius 1 is 1.11 bits per heavy atom. The number of benzene rings is 1. The number of ether oxygens (including phenoxy) is 1. The minimum atomic E-state index is -0.0341. The van der Waals surface area contributed by atoms with Crippen LogP contribution in [0.25, 0.3) is 15.9 Å². The van der Waals surface area contributed by atoms with E-state index >= 15 is 0 Å². The molecule has 0 radical (unpaired) electrons. The van der Waals surface area contributed by atoms with Crippen LogP contribution in [0.15, 0.2) is 34.2 Å². The van der Waals surface area contributed by atoms with Gasteiger partial charge in [0.15, 0.2) is 5.16 Å². The number of aromatic nitrogens is 2. The summed E-state index contributed by atoms with van der Waals surface area (Å²) in [4.78, 5) is 36.3. The average molecular weight is 512 g/mol. The van der Waals surface area contributed by atoms with Crippen molar-refractivity contribution in [1.29, 1.82) is 0 Å². The molecule has 2 aromatic heterocycles. The van der Waals surface area contributed by atoms with Crippen molar-refractivity contribution >= 4 is 39.2 Å². The van der Waals surface area contributed by atoms with Gasteiger partial charge >= 0.3 is 0 Å². The summed E-state index contributed by atoms with van der Waals surface area (Å²) in [5, 5.41) is 1.34. The Bertz CT molecular complexity index is 1270. The van der Waals surface area contributed by atoms with Gasteiger partial charge in [0.05, 0.1) is 23.4 Å². The molecule has 0 unspecified atom stereocenters. The van der Waals surface area contributed by atoms with Crippen molar-refractivity contribution in [2.75, 3.05) is 12.4 Å². The number of fused-ring (bicyclic) bond motifs is 3. The number of carbonyl (C=O) groups is 1. The SMILES string of the molecule is CCOc1ccc(-n2c(SCC(=O)N3[C@@H](C)CCC[C@@H]3C)nc3sc4c(c3c2=O)CCCC4)cc1. The summed E-state index contributed by atoms with van der Waals surface area (Å²) in [5.41, 5.74) is 1.89. The van der Waals surface area contributed by atoms with Crippen molar-refractivity contribution in [2.45, 2.75) is 83.0 Å². The lowest BCUT2D eigenvalue weighted by atomic mass is 9.97. The van der Waals surface area contributed by atoms with Gasteiger partial charge in [-0.2, -0.15) is 0 Å². The van der Waals surface area contributed by atoms with Crippen LogP contribution in [0.2, 0.25) is 0 Å². The molecule has 5 rings (SSSR count). The monoisotopic (exact) mass is 511 g/mol. The molecule has 1 fully saturated rings. The quantitative estimate of drug-likeness (QED) is 0.318. The molecule has 0 spiro atoms. The fourth-order valence-electron chi connectivity index (χ4n) is 5.48. The number of hydrogen-bond acceptors (Lipinski definition) is 6. The van der Waals surface area contributed by atoms with E-state index in [2.05, 4.69) is 13.8 Å². The van der Waals surface area contributed by atoms with Crippen LogP contribution in [0.5, 0.6) is 5.75 Å². The minimum absolute atomic E-state index is 0.0341. The van der Waals surface area contributed by atoms with E-state index in [1.165, 1.54) is 22.2 Å². The second kappa shape index (κ2) is 10.3. The number of likely N-dealkylation sites (tertiary alicyclic amines) is 1. The van der Waals surface area contributed by atoms with Gasteiger partial charge < -0.3 is 9.64 Å². The number of carbonyl (C=O) groups excluding carboxylic acids is 1. The number of thiophene rings is 1. The van der Waals surface area contributed by atoms with Crippen LogP contribution in [-0.4, -0.2) is 44.8 Å². The number of nitrogens with zero attached hydrogens (tertiary/aromatic N) is 3. The normalized spacial score (nSPS) is 20.1. The Kier molecular flexibility index (Phi) is 7.21. The molecule has 186 valence electrons. The van der Waals surface area contributed by atoms with Gasteiger partial charge in [-0.3, -0.25) is 14.2 Å². The van der Waals surface area contributed by atoms with Gasteiger partial charge in [-0.05, 0) is 95.5 Å². The van der Waals surface area contributed by atoms with Gasteiger partial charge in [-0.1, -0.05) is 11.8 Å². The second-order valence-electron chi connectivity index (χ2n) is 9.57. The molecule has 0 bridgehead atoms. The molecular formula is C27H33N3O3S2. The summed E-state index contributed by atoms with van der Waals surface area (Å²) in [6, 6.07) is 8.07. The summed E-state index contributed by atoms with van der Waals surface area (Å²) in [6.45, 7) is 6.80. The lowest BCUT2D eigenvalue weighted by molar-refractivity contribution is -0.134. The minimum Gasteiger partial charge on any atom is -0.494 e. The van der Waals surface area contributed by atoms with Crippen LogP contribution in [0.4, 0.5) is 0 Å². The molecule has 2 aliphatic rings. The van der Waals surface area contributed by atoms with Crippen LogP contribution in [0.3, 0.4) is 0 Å². The summed E-state index contributed by atoms with van der Waals surface area (Å²) >= 11 is 3.02. The van der Waals surface area contributed by atoms with Gasteiger partial charge in [0.1, 0.15) is 10.6 Å². The van der Waals surface area contributed by atoms with E-state index in [0.29, 0.717) is 11.8 Å². The summed E-state index contributed by atoms with van der Waals surface area (Å²) in [6.07, 6.45) is 7.48. The maximum absolute atomic E-state index is 13.9. The van der Waals surface area contributed by atoms with Crippen molar-refractivity contribution in [1.82, 2.24) is 14.5 Å². The van der Waals surface area contributed by atoms with Gasteiger partial charge in [0.2, 0.25) is 5.91 Å². The van der Waals surface area contributed by atoms with Crippen LogP contribution >= 0.6 is 23.1 Å². The highest BCUT2D eigenvalue weighted by Gasteiger charge is 2.29. The average Bonchev–Trinajstić information content (AvgIpc) is 3.22. The van der Waals surface area contributed by atoms with Gasteiger partial charge in [-0.15, -0.1) is 11.3 Å². The third kappa shape index (κ3) is 4.75. The second-order valence-corrected chi connectivity index (χ2v) is 11.6. The highest BCUT2D eigenvalue weighted by Crippen LogP contribution is 2.35. The molecule has 6 nitrogen and oxygen atoms in total. The van der Waals surface area contributed by atoms with E-state index in [1.54, 1.807) is 15.9 Å². The van der Waals surface area contributed by atoms with Crippen molar-refractivity contribution in [3.8, 4) is 11.4 Å². The smallest absolute Gasteiger partial charge is 0.267 e. The van der Waals surface area contributed by atoms with Gasteiger partial charge in [0, 0.05) is 17.0 Å². The third-order valence-corrected chi connectivity index (χ3v) is 9.28. The Morgan fingerprint density at radius 2 is 1.83 bits per heavy atom. The van der Waals surface area contributed by atoms with Crippen molar-refractivity contribution in [3.05, 3.63) is 45.1 Å². The first-order valence-corrected chi connectivity index (χ1v) is 14.5. The lowest BCUT2D eigenvalue weighted by Gasteiger charge is -2.39. The standard InChI is InChI=1S/C27H33N3O3S2/c1-4-33-20-14-12-19(13-15-20)30-26(32)24-21-10-5-6-11-22(21)35-25(24)28-27(30)34-16-23(31)29-17(2)8-7-9-18(29)3/h12-15,17-18H,4-11,16H2,1-3H3/t17-,18-/m0/s1. The highest BCUT2D eigenvalue weighted by molar-refractivity contribution is 7.99. The Labute approximate surface area is 214 Å². The topological polar surface area (TPSA) is 64.4 Å². The fraction of sp³-hybridized carbons (Fsp3) is 0.519. The summed E-state index contributed by atoms with van der Waals surface area (Å²) in [5.74, 6) is 1.16. The zero-order chi connectivity index (χ0) is 24.5. The fourth-order valence-corrected chi connectivity index (χ4v) is 7.67. The number of aryl methyl sites for hydroxylation is 2. The molecule has 1 saturated heterocycles. The van der Waals surface area contributed by atoms with Crippen molar-refractivity contribution in [3.63, 3.8) is 0 Å². The summed E-state index contributed by atoms with van der Waals surface area (Å²) < 4.78 is 7.29. The van der Waals surface area contributed by atoms with E-state index in [1.807, 2.05) is 36.1 Å². The molecule has 8 heteroatoms. The van der Waals surface area contributed by atoms with E-state index in [0.717, 1.165) is 66.6 Å². The molecule has 1 aliphatic heterocycles.